The van der Waals surface area contributed by atoms with Gasteiger partial charge in [-0.25, -0.2) is 0 Å². The summed E-state index contributed by atoms with van der Waals surface area (Å²) in [4.78, 5) is 29.3. The number of carbonyl (C=O) groups is 1. The van der Waals surface area contributed by atoms with Crippen molar-refractivity contribution in [3.05, 3.63) is 88.9 Å². The van der Waals surface area contributed by atoms with Gasteiger partial charge in [0.05, 0.1) is 11.0 Å². The number of allylic oxidation sites excluding steroid dienone is 2. The summed E-state index contributed by atoms with van der Waals surface area (Å²) in [5.41, 5.74) is 1.88. The van der Waals surface area contributed by atoms with Gasteiger partial charge in [0.1, 0.15) is 11.3 Å². The number of aliphatic hydroxyl groups is 1. The second-order valence-corrected chi connectivity index (χ2v) is 10.2. The van der Waals surface area contributed by atoms with E-state index in [2.05, 4.69) is 11.1 Å². The predicted octanol–water partition coefficient (Wildman–Crippen LogP) is 8.46. The molecule has 0 aliphatic rings. The summed E-state index contributed by atoms with van der Waals surface area (Å²) >= 11 is 0. The minimum absolute atomic E-state index is 0. The molecule has 4 rings (SSSR count). The minimum Gasteiger partial charge on any atom is -0.512 e. The zero-order valence-corrected chi connectivity index (χ0v) is 26.0. The predicted molar refractivity (Wildman–Crippen MR) is 155 cm³/mol. The number of fused-ring (bicyclic) bond motifs is 2. The fourth-order valence-electron chi connectivity index (χ4n) is 4.18. The van der Waals surface area contributed by atoms with Crippen LogP contribution < -0.4 is 5.43 Å². The van der Waals surface area contributed by atoms with Gasteiger partial charge in [0.2, 0.25) is 0 Å². The summed E-state index contributed by atoms with van der Waals surface area (Å²) < 4.78 is 5.84. The van der Waals surface area contributed by atoms with Crippen molar-refractivity contribution in [3.8, 4) is 11.3 Å². The van der Waals surface area contributed by atoms with Crippen molar-refractivity contribution in [2.24, 2.45) is 10.8 Å². The second kappa shape index (κ2) is 13.8. The number of aromatic nitrogens is 1. The molecule has 0 saturated carbocycles. The summed E-state index contributed by atoms with van der Waals surface area (Å²) in [5.74, 6) is 0.286. The molecule has 2 heterocycles. The first-order chi connectivity index (χ1) is 18.1. The Morgan fingerprint density at radius 2 is 1.54 bits per heavy atom. The van der Waals surface area contributed by atoms with Gasteiger partial charge in [0, 0.05) is 43.2 Å². The topological polar surface area (TPSA) is 80.4 Å². The van der Waals surface area contributed by atoms with Gasteiger partial charge in [-0.05, 0) is 55.0 Å². The monoisotopic (exact) mass is 705 g/mol. The van der Waals surface area contributed by atoms with Crippen LogP contribution in [0.1, 0.15) is 67.2 Å². The van der Waals surface area contributed by atoms with E-state index in [1.807, 2.05) is 71.9 Å². The van der Waals surface area contributed by atoms with Crippen LogP contribution in [0.5, 0.6) is 0 Å². The summed E-state index contributed by atoms with van der Waals surface area (Å²) in [7, 11) is 0. The van der Waals surface area contributed by atoms with Crippen LogP contribution in [0.15, 0.2) is 81.8 Å². The average molecular weight is 705 g/mol. The first kappa shape index (κ1) is 32.1. The maximum atomic E-state index is 12.8. The average Bonchev–Trinajstić information content (AvgIpc) is 2.96. The number of rotatable bonds is 8. The van der Waals surface area contributed by atoms with Crippen LogP contribution in [-0.2, 0) is 24.9 Å². The van der Waals surface area contributed by atoms with E-state index in [-0.39, 0.29) is 47.9 Å². The summed E-state index contributed by atoms with van der Waals surface area (Å²) in [6.07, 6.45) is 6.45. The Labute approximate surface area is 244 Å². The van der Waals surface area contributed by atoms with Gasteiger partial charge < -0.3 is 14.5 Å². The van der Waals surface area contributed by atoms with E-state index < -0.39 is 0 Å². The van der Waals surface area contributed by atoms with Crippen molar-refractivity contribution in [2.45, 2.75) is 67.2 Å². The Morgan fingerprint density at radius 3 is 2.13 bits per heavy atom. The molecule has 1 radical (unpaired) electrons. The first-order valence-corrected chi connectivity index (χ1v) is 13.4. The fraction of sp³-hybridized carbons (Fsp3) is 0.364. The maximum absolute atomic E-state index is 12.8. The molecule has 39 heavy (non-hydrogen) atoms. The van der Waals surface area contributed by atoms with E-state index in [1.54, 1.807) is 30.5 Å². The van der Waals surface area contributed by atoms with Crippen LogP contribution in [0.4, 0.5) is 0 Å². The number of benzene rings is 2. The maximum Gasteiger partial charge on any atom is 0.164 e. The Kier molecular flexibility index (Phi) is 11.4. The van der Waals surface area contributed by atoms with Crippen molar-refractivity contribution < 1.29 is 34.4 Å². The quantitative estimate of drug-likeness (QED) is 0.0862. The number of nitrogens with zero attached hydrogens (tertiary/aromatic N) is 1. The Morgan fingerprint density at radius 1 is 0.923 bits per heavy atom. The molecule has 209 valence electrons. The molecule has 1 N–H and O–H groups in total. The Balaban J connectivity index is 0.000000275. The summed E-state index contributed by atoms with van der Waals surface area (Å²) in [5, 5.41) is 11.2. The number of ketones is 1. The van der Waals surface area contributed by atoms with E-state index in [4.69, 9.17) is 4.42 Å². The largest absolute Gasteiger partial charge is 0.512 e. The first-order valence-electron chi connectivity index (χ1n) is 13.4. The Bertz CT molecular complexity index is 1480. The number of hydrogen-bond donors (Lipinski definition) is 1. The van der Waals surface area contributed by atoms with Crippen molar-refractivity contribution in [1.29, 1.82) is 0 Å². The van der Waals surface area contributed by atoms with Crippen LogP contribution in [-0.4, -0.2) is 15.9 Å². The van der Waals surface area contributed by atoms with Crippen LogP contribution in [0.3, 0.4) is 0 Å². The molecule has 0 atom stereocenters. The normalized spacial score (nSPS) is 12.0. The van der Waals surface area contributed by atoms with Gasteiger partial charge in [-0.1, -0.05) is 71.9 Å². The molecule has 0 spiro atoms. The zero-order valence-electron chi connectivity index (χ0n) is 23.6. The van der Waals surface area contributed by atoms with Gasteiger partial charge in [-0.15, -0.1) is 17.7 Å². The second-order valence-electron chi connectivity index (χ2n) is 10.2. The third kappa shape index (κ3) is 6.93. The van der Waals surface area contributed by atoms with Crippen molar-refractivity contribution in [3.63, 3.8) is 0 Å². The molecular weight excluding hydrogens is 667 g/mol. The van der Waals surface area contributed by atoms with Crippen LogP contribution >= 0.6 is 0 Å². The molecule has 0 fully saturated rings. The molecule has 0 saturated heterocycles. The van der Waals surface area contributed by atoms with E-state index in [0.29, 0.717) is 33.2 Å². The number of hydrogen-bond acceptors (Lipinski definition) is 5. The van der Waals surface area contributed by atoms with Gasteiger partial charge in [0.15, 0.2) is 11.2 Å². The molecular formula is C33H38IrNO4-. The van der Waals surface area contributed by atoms with Crippen LogP contribution in [0.25, 0.3) is 33.2 Å². The van der Waals surface area contributed by atoms with E-state index in [1.165, 1.54) is 6.08 Å². The molecule has 6 heteroatoms. The third-order valence-electron chi connectivity index (χ3n) is 8.06. The zero-order chi connectivity index (χ0) is 27.9. The molecule has 0 bridgehead atoms. The number of pyridine rings is 1. The Hall–Kier alpha value is -3.08. The number of aliphatic hydroxyl groups excluding tert-OH is 1. The third-order valence-corrected chi connectivity index (χ3v) is 8.06. The van der Waals surface area contributed by atoms with Gasteiger partial charge in [-0.2, -0.15) is 0 Å². The summed E-state index contributed by atoms with van der Waals surface area (Å²) in [6.45, 7) is 12.1. The number of carbonyl (C=O) groups excluding carboxylic acids is 1. The summed E-state index contributed by atoms with van der Waals surface area (Å²) in [6, 6.07) is 19.5. The molecule has 2 aromatic heterocycles. The van der Waals surface area contributed by atoms with E-state index >= 15 is 0 Å². The molecule has 5 nitrogen and oxygen atoms in total. The molecule has 0 aliphatic carbocycles. The van der Waals surface area contributed by atoms with Gasteiger partial charge in [-0.3, -0.25) is 9.59 Å². The van der Waals surface area contributed by atoms with Crippen LogP contribution in [0.2, 0.25) is 0 Å². The van der Waals surface area contributed by atoms with Crippen LogP contribution in [0, 0.1) is 16.9 Å². The smallest absolute Gasteiger partial charge is 0.164 e. The van der Waals surface area contributed by atoms with Crippen molar-refractivity contribution >= 4 is 27.7 Å². The fourth-order valence-corrected chi connectivity index (χ4v) is 4.18. The molecule has 0 aliphatic heterocycles. The van der Waals surface area contributed by atoms with E-state index in [0.717, 1.165) is 25.7 Å². The molecule has 4 aromatic rings. The number of para-hydroxylation sites is 1. The van der Waals surface area contributed by atoms with Gasteiger partial charge in [0.25, 0.3) is 0 Å². The van der Waals surface area contributed by atoms with E-state index in [9.17, 15) is 14.7 Å². The van der Waals surface area contributed by atoms with Crippen molar-refractivity contribution in [2.75, 3.05) is 0 Å². The van der Waals surface area contributed by atoms with Gasteiger partial charge >= 0.3 is 0 Å². The van der Waals surface area contributed by atoms with Crippen molar-refractivity contribution in [1.82, 2.24) is 4.98 Å². The SMILES string of the molecule is CCC(C)(CC)C(=O)/C=C(\O)C(C)(CC)CC.O=c1c2ccccc2oc2cc[c-]c(-c3ccccn3)c12.[Ir]. The minimum atomic E-state index is -0.337. The standard InChI is InChI=1S/C18H10NO2.C15H28O2.Ir/c20-18-13-6-1-2-9-15(13)21-16-10-5-7-12(17(16)18)14-8-3-4-11-19-14;1-7-14(5,8-2)12(16)11-13(17)15(6,9-3)10-4;/h1-6,8-11H;11,16H,7-10H2,1-6H3;/q-1;;/b;12-11-;. The molecule has 0 unspecified atom stereocenters. The molecule has 0 amide bonds. The molecule has 2 aromatic carbocycles.